The molecule has 0 spiro atoms. The Labute approximate surface area is 82.7 Å². The molecule has 13 heavy (non-hydrogen) atoms. The molecule has 1 unspecified atom stereocenters. The molecule has 1 fully saturated rings. The van der Waals surface area contributed by atoms with E-state index in [0.29, 0.717) is 11.1 Å². The molecule has 4 heteroatoms. The van der Waals surface area contributed by atoms with Gasteiger partial charge in [-0.05, 0) is 32.5 Å². The van der Waals surface area contributed by atoms with Crippen LogP contribution < -0.4 is 0 Å². The smallest absolute Gasteiger partial charge is 0.0817 e. The summed E-state index contributed by atoms with van der Waals surface area (Å²) in [5.74, 6) is 0. The summed E-state index contributed by atoms with van der Waals surface area (Å²) >= 11 is 5.85. The third-order valence-corrected chi connectivity index (χ3v) is 2.71. The Morgan fingerprint density at radius 1 is 1.62 bits per heavy atom. The van der Waals surface area contributed by atoms with Crippen molar-refractivity contribution in [1.82, 2.24) is 15.1 Å². The first-order valence-electron chi connectivity index (χ1n) is 4.46. The summed E-state index contributed by atoms with van der Waals surface area (Å²) in [4.78, 5) is 2.29. The maximum absolute atomic E-state index is 5.85. The number of nitrogens with zero attached hydrogens (tertiary/aromatic N) is 3. The first-order valence-corrected chi connectivity index (χ1v) is 4.83. The Hall–Kier alpha value is -0.670. The van der Waals surface area contributed by atoms with Crippen molar-refractivity contribution in [2.75, 3.05) is 13.6 Å². The predicted molar refractivity (Wildman–Crippen MR) is 51.6 cm³/mol. The largest absolute Gasteiger partial charge is 0.298 e. The molecule has 3 nitrogen and oxygen atoms in total. The lowest BCUT2D eigenvalue weighted by atomic mass is 10.1. The van der Waals surface area contributed by atoms with Gasteiger partial charge in [-0.1, -0.05) is 11.6 Å². The topological polar surface area (TPSA) is 29.0 Å². The zero-order valence-electron chi connectivity index (χ0n) is 7.57. The molecule has 0 amide bonds. The highest BCUT2D eigenvalue weighted by molar-refractivity contribution is 6.30. The molecule has 0 aromatic carbocycles. The summed E-state index contributed by atoms with van der Waals surface area (Å²) in [7, 11) is 2.11. The van der Waals surface area contributed by atoms with Crippen LogP contribution in [0.4, 0.5) is 0 Å². The molecule has 1 aromatic heterocycles. The second kappa shape index (κ2) is 3.60. The van der Waals surface area contributed by atoms with Gasteiger partial charge in [0.2, 0.25) is 0 Å². The van der Waals surface area contributed by atoms with Gasteiger partial charge in [0.05, 0.1) is 23.0 Å². The van der Waals surface area contributed by atoms with Crippen LogP contribution in [0.1, 0.15) is 24.6 Å². The van der Waals surface area contributed by atoms with Crippen LogP contribution in [0.25, 0.3) is 0 Å². The van der Waals surface area contributed by atoms with E-state index in [-0.39, 0.29) is 0 Å². The Morgan fingerprint density at radius 2 is 2.46 bits per heavy atom. The van der Waals surface area contributed by atoms with Crippen molar-refractivity contribution in [3.05, 3.63) is 23.0 Å². The molecule has 2 heterocycles. The van der Waals surface area contributed by atoms with Crippen LogP contribution in [0, 0.1) is 0 Å². The number of likely N-dealkylation sites (tertiary alicyclic amines) is 1. The van der Waals surface area contributed by atoms with Crippen molar-refractivity contribution in [2.24, 2.45) is 0 Å². The molecule has 1 aliphatic rings. The summed E-state index contributed by atoms with van der Waals surface area (Å²) in [6.07, 6.45) is 3.96. The molecular formula is C9H12ClN3. The minimum absolute atomic E-state index is 0.409. The number of hydrogen-bond acceptors (Lipinski definition) is 3. The van der Waals surface area contributed by atoms with Gasteiger partial charge < -0.3 is 0 Å². The molecule has 1 atom stereocenters. The zero-order valence-corrected chi connectivity index (χ0v) is 8.33. The Morgan fingerprint density at radius 3 is 3.08 bits per heavy atom. The SMILES string of the molecule is CN1CCCC1c1cc(Cl)cnn1. The van der Waals surface area contributed by atoms with Crippen molar-refractivity contribution >= 4 is 11.6 Å². The van der Waals surface area contributed by atoms with Crippen LogP contribution in [0.5, 0.6) is 0 Å². The number of rotatable bonds is 1. The van der Waals surface area contributed by atoms with Gasteiger partial charge in [-0.3, -0.25) is 4.90 Å². The highest BCUT2D eigenvalue weighted by atomic mass is 35.5. The van der Waals surface area contributed by atoms with E-state index in [1.165, 1.54) is 6.42 Å². The molecule has 70 valence electrons. The Kier molecular flexibility index (Phi) is 2.47. The van der Waals surface area contributed by atoms with Gasteiger partial charge in [0, 0.05) is 0 Å². The molecule has 0 radical (unpaired) electrons. The van der Waals surface area contributed by atoms with Crippen molar-refractivity contribution in [1.29, 1.82) is 0 Å². The molecule has 0 saturated carbocycles. The third-order valence-electron chi connectivity index (χ3n) is 2.50. The van der Waals surface area contributed by atoms with Gasteiger partial charge in [0.25, 0.3) is 0 Å². The molecule has 1 saturated heterocycles. The van der Waals surface area contributed by atoms with E-state index in [2.05, 4.69) is 22.1 Å². The lowest BCUT2D eigenvalue weighted by molar-refractivity contribution is 0.310. The number of aromatic nitrogens is 2. The quantitative estimate of drug-likeness (QED) is 0.689. The van der Waals surface area contributed by atoms with Gasteiger partial charge >= 0.3 is 0 Å². The van der Waals surface area contributed by atoms with E-state index in [4.69, 9.17) is 11.6 Å². The first-order chi connectivity index (χ1) is 6.27. The summed E-state index contributed by atoms with van der Waals surface area (Å²) in [6.45, 7) is 1.14. The first kappa shape index (κ1) is 8.91. The van der Waals surface area contributed by atoms with Crippen LogP contribution in [-0.4, -0.2) is 28.7 Å². The van der Waals surface area contributed by atoms with Crippen molar-refractivity contribution in [2.45, 2.75) is 18.9 Å². The molecule has 1 aliphatic heterocycles. The molecule has 1 aromatic rings. The van der Waals surface area contributed by atoms with E-state index in [1.54, 1.807) is 6.20 Å². The van der Waals surface area contributed by atoms with Gasteiger partial charge in [0.15, 0.2) is 0 Å². The average Bonchev–Trinajstić information content (AvgIpc) is 2.51. The highest BCUT2D eigenvalue weighted by Gasteiger charge is 2.23. The van der Waals surface area contributed by atoms with Crippen LogP contribution in [-0.2, 0) is 0 Å². The van der Waals surface area contributed by atoms with Crippen LogP contribution in [0.2, 0.25) is 5.02 Å². The van der Waals surface area contributed by atoms with Crippen molar-refractivity contribution in [3.63, 3.8) is 0 Å². The van der Waals surface area contributed by atoms with Gasteiger partial charge in [-0.2, -0.15) is 10.2 Å². The summed E-state index contributed by atoms with van der Waals surface area (Å²) in [5, 5.41) is 8.62. The zero-order chi connectivity index (χ0) is 9.26. The van der Waals surface area contributed by atoms with E-state index < -0.39 is 0 Å². The second-order valence-corrected chi connectivity index (χ2v) is 3.87. The molecular weight excluding hydrogens is 186 g/mol. The fourth-order valence-corrected chi connectivity index (χ4v) is 1.96. The lowest BCUT2D eigenvalue weighted by Gasteiger charge is -2.17. The van der Waals surface area contributed by atoms with Gasteiger partial charge in [0.1, 0.15) is 0 Å². The Bertz CT molecular complexity index is 303. The van der Waals surface area contributed by atoms with Crippen LogP contribution >= 0.6 is 11.6 Å². The van der Waals surface area contributed by atoms with E-state index in [1.807, 2.05) is 6.07 Å². The number of hydrogen-bond donors (Lipinski definition) is 0. The van der Waals surface area contributed by atoms with Crippen molar-refractivity contribution in [3.8, 4) is 0 Å². The molecule has 0 bridgehead atoms. The summed E-state index contributed by atoms with van der Waals surface area (Å²) < 4.78 is 0. The molecule has 0 N–H and O–H groups in total. The Balaban J connectivity index is 2.24. The minimum Gasteiger partial charge on any atom is -0.298 e. The second-order valence-electron chi connectivity index (χ2n) is 3.44. The fraction of sp³-hybridized carbons (Fsp3) is 0.556. The monoisotopic (exact) mass is 197 g/mol. The van der Waals surface area contributed by atoms with E-state index >= 15 is 0 Å². The molecule has 0 aliphatic carbocycles. The lowest BCUT2D eigenvalue weighted by Crippen LogP contribution is -2.18. The number of halogens is 1. The molecule has 2 rings (SSSR count). The summed E-state index contributed by atoms with van der Waals surface area (Å²) in [6, 6.07) is 2.31. The van der Waals surface area contributed by atoms with E-state index in [0.717, 1.165) is 18.7 Å². The van der Waals surface area contributed by atoms with Crippen LogP contribution in [0.15, 0.2) is 12.3 Å². The maximum atomic E-state index is 5.85. The maximum Gasteiger partial charge on any atom is 0.0817 e. The van der Waals surface area contributed by atoms with Gasteiger partial charge in [-0.15, -0.1) is 0 Å². The third kappa shape index (κ3) is 1.81. The van der Waals surface area contributed by atoms with Crippen molar-refractivity contribution < 1.29 is 0 Å². The van der Waals surface area contributed by atoms with Gasteiger partial charge in [-0.25, -0.2) is 0 Å². The predicted octanol–water partition coefficient (Wildman–Crippen LogP) is 1.90. The standard InChI is InChI=1S/C9H12ClN3/c1-13-4-2-3-9(13)8-5-7(10)6-11-12-8/h5-6,9H,2-4H2,1H3. The van der Waals surface area contributed by atoms with Crippen LogP contribution in [0.3, 0.4) is 0 Å². The fourth-order valence-electron chi connectivity index (χ4n) is 1.80. The van der Waals surface area contributed by atoms with E-state index in [9.17, 15) is 0 Å². The minimum atomic E-state index is 0.409. The normalized spacial score (nSPS) is 23.7. The highest BCUT2D eigenvalue weighted by Crippen LogP contribution is 2.29. The average molecular weight is 198 g/mol. The summed E-state index contributed by atoms with van der Waals surface area (Å²) in [5.41, 5.74) is 0.993.